The van der Waals surface area contributed by atoms with Crippen molar-refractivity contribution in [3.05, 3.63) is 46.8 Å². The molecule has 0 radical (unpaired) electrons. The van der Waals surface area contributed by atoms with Gasteiger partial charge in [-0.3, -0.25) is 4.68 Å². The van der Waals surface area contributed by atoms with Gasteiger partial charge in [0, 0.05) is 23.3 Å². The van der Waals surface area contributed by atoms with Gasteiger partial charge >= 0.3 is 0 Å². The second-order valence-corrected chi connectivity index (χ2v) is 5.58. The number of rotatable bonds is 2. The number of anilines is 1. The van der Waals surface area contributed by atoms with Gasteiger partial charge in [0.2, 0.25) is 0 Å². The van der Waals surface area contributed by atoms with E-state index >= 15 is 0 Å². The lowest BCUT2D eigenvalue weighted by Crippen LogP contribution is -1.94. The molecule has 1 aromatic carbocycles. The summed E-state index contributed by atoms with van der Waals surface area (Å²) in [5.74, 6) is 0. The maximum atomic E-state index is 6.09. The number of halogens is 1. The first-order valence-electron chi connectivity index (χ1n) is 6.16. The standard InChI is InChI=1S/C14H14BrN5/c1-9-12(7-19(2)17-9)14-13(16)8-20(18-14)11-5-3-4-10(15)6-11/h3-8H,16H2,1-2H3. The van der Waals surface area contributed by atoms with Gasteiger partial charge in [0.1, 0.15) is 5.69 Å². The summed E-state index contributed by atoms with van der Waals surface area (Å²) in [5, 5.41) is 8.91. The van der Waals surface area contributed by atoms with Gasteiger partial charge in [-0.1, -0.05) is 22.0 Å². The first kappa shape index (κ1) is 12.9. The summed E-state index contributed by atoms with van der Waals surface area (Å²) in [5.41, 5.74) is 10.3. The first-order valence-corrected chi connectivity index (χ1v) is 6.95. The predicted molar refractivity (Wildman–Crippen MR) is 82.6 cm³/mol. The van der Waals surface area contributed by atoms with Crippen molar-refractivity contribution in [3.8, 4) is 16.9 Å². The number of nitrogen functional groups attached to an aromatic ring is 1. The highest BCUT2D eigenvalue weighted by atomic mass is 79.9. The molecule has 5 nitrogen and oxygen atoms in total. The molecule has 0 fully saturated rings. The molecule has 20 heavy (non-hydrogen) atoms. The minimum absolute atomic E-state index is 0.640. The summed E-state index contributed by atoms with van der Waals surface area (Å²) in [6, 6.07) is 7.91. The highest BCUT2D eigenvalue weighted by molar-refractivity contribution is 9.10. The van der Waals surface area contributed by atoms with E-state index < -0.39 is 0 Å². The molecule has 0 bridgehead atoms. The molecule has 0 amide bonds. The Bertz CT molecular complexity index is 772. The lowest BCUT2D eigenvalue weighted by molar-refractivity contribution is 0.756. The molecule has 0 aliphatic carbocycles. The smallest absolute Gasteiger partial charge is 0.119 e. The maximum absolute atomic E-state index is 6.09. The molecule has 0 aliphatic heterocycles. The quantitative estimate of drug-likeness (QED) is 0.785. The van der Waals surface area contributed by atoms with Crippen molar-refractivity contribution in [2.24, 2.45) is 7.05 Å². The Hall–Kier alpha value is -2.08. The first-order chi connectivity index (χ1) is 9.54. The molecule has 6 heteroatoms. The lowest BCUT2D eigenvalue weighted by Gasteiger charge is -2.01. The number of nitrogens with two attached hydrogens (primary N) is 1. The van der Waals surface area contributed by atoms with Gasteiger partial charge in [-0.2, -0.15) is 10.2 Å². The molecule has 0 spiro atoms. The Morgan fingerprint density at radius 3 is 2.65 bits per heavy atom. The van der Waals surface area contributed by atoms with Crippen LogP contribution >= 0.6 is 15.9 Å². The van der Waals surface area contributed by atoms with Crippen LogP contribution in [0.2, 0.25) is 0 Å². The van der Waals surface area contributed by atoms with Crippen LogP contribution in [-0.2, 0) is 7.05 Å². The molecule has 2 N–H and O–H groups in total. The molecule has 2 aromatic heterocycles. The van der Waals surface area contributed by atoms with Crippen molar-refractivity contribution in [2.45, 2.75) is 6.92 Å². The van der Waals surface area contributed by atoms with Gasteiger partial charge in [0.05, 0.1) is 23.3 Å². The van der Waals surface area contributed by atoms with E-state index in [9.17, 15) is 0 Å². The van der Waals surface area contributed by atoms with Crippen molar-refractivity contribution in [1.82, 2.24) is 19.6 Å². The minimum atomic E-state index is 0.640. The molecule has 0 saturated carbocycles. The number of hydrogen-bond donors (Lipinski definition) is 1. The van der Waals surface area contributed by atoms with Gasteiger partial charge in [0.15, 0.2) is 0 Å². The van der Waals surface area contributed by atoms with E-state index in [1.807, 2.05) is 50.6 Å². The maximum Gasteiger partial charge on any atom is 0.119 e. The summed E-state index contributed by atoms with van der Waals surface area (Å²) in [4.78, 5) is 0. The van der Waals surface area contributed by atoms with Crippen molar-refractivity contribution in [3.63, 3.8) is 0 Å². The van der Waals surface area contributed by atoms with Gasteiger partial charge in [-0.05, 0) is 25.1 Å². The van der Waals surface area contributed by atoms with Crippen molar-refractivity contribution < 1.29 is 0 Å². The van der Waals surface area contributed by atoms with Crippen LogP contribution in [0.15, 0.2) is 41.1 Å². The Balaban J connectivity index is 2.10. The number of aromatic nitrogens is 4. The fraction of sp³-hybridized carbons (Fsp3) is 0.143. The molecule has 2 heterocycles. The second-order valence-electron chi connectivity index (χ2n) is 4.66. The minimum Gasteiger partial charge on any atom is -0.396 e. The zero-order valence-electron chi connectivity index (χ0n) is 11.2. The van der Waals surface area contributed by atoms with E-state index in [1.165, 1.54) is 0 Å². The van der Waals surface area contributed by atoms with E-state index in [0.717, 1.165) is 27.1 Å². The third-order valence-corrected chi connectivity index (χ3v) is 3.58. The fourth-order valence-corrected chi connectivity index (χ4v) is 2.57. The highest BCUT2D eigenvalue weighted by Crippen LogP contribution is 2.27. The SMILES string of the molecule is Cc1nn(C)cc1-c1nn(-c2cccc(Br)c2)cc1N. The molecule has 0 unspecified atom stereocenters. The van der Waals surface area contributed by atoms with E-state index in [2.05, 4.69) is 26.1 Å². The van der Waals surface area contributed by atoms with E-state index in [0.29, 0.717) is 5.69 Å². The topological polar surface area (TPSA) is 61.7 Å². The average molecular weight is 332 g/mol. The molecular weight excluding hydrogens is 318 g/mol. The number of benzene rings is 1. The Labute approximate surface area is 125 Å². The lowest BCUT2D eigenvalue weighted by atomic mass is 10.2. The second kappa shape index (κ2) is 4.79. The van der Waals surface area contributed by atoms with Crippen LogP contribution in [-0.4, -0.2) is 19.6 Å². The third-order valence-electron chi connectivity index (χ3n) is 3.08. The van der Waals surface area contributed by atoms with E-state index in [1.54, 1.807) is 9.36 Å². The molecule has 3 rings (SSSR count). The Morgan fingerprint density at radius 1 is 1.20 bits per heavy atom. The zero-order chi connectivity index (χ0) is 14.3. The van der Waals surface area contributed by atoms with Crippen LogP contribution in [0.5, 0.6) is 0 Å². The van der Waals surface area contributed by atoms with Crippen LogP contribution in [0.25, 0.3) is 16.9 Å². The summed E-state index contributed by atoms with van der Waals surface area (Å²) in [6.45, 7) is 1.95. The Morgan fingerprint density at radius 2 is 2.00 bits per heavy atom. The largest absolute Gasteiger partial charge is 0.396 e. The van der Waals surface area contributed by atoms with Crippen molar-refractivity contribution in [2.75, 3.05) is 5.73 Å². The Kier molecular flexibility index (Phi) is 3.10. The molecule has 102 valence electrons. The van der Waals surface area contributed by atoms with E-state index in [4.69, 9.17) is 5.73 Å². The van der Waals surface area contributed by atoms with Gasteiger partial charge < -0.3 is 5.73 Å². The van der Waals surface area contributed by atoms with Crippen LogP contribution < -0.4 is 5.73 Å². The van der Waals surface area contributed by atoms with Crippen molar-refractivity contribution in [1.29, 1.82) is 0 Å². The average Bonchev–Trinajstić information content (AvgIpc) is 2.92. The predicted octanol–water partition coefficient (Wildman–Crippen LogP) is 2.93. The van der Waals surface area contributed by atoms with Crippen molar-refractivity contribution >= 4 is 21.6 Å². The third kappa shape index (κ3) is 2.22. The van der Waals surface area contributed by atoms with Crippen LogP contribution in [0.3, 0.4) is 0 Å². The van der Waals surface area contributed by atoms with Gasteiger partial charge in [0.25, 0.3) is 0 Å². The summed E-state index contributed by atoms with van der Waals surface area (Å²) >= 11 is 3.46. The van der Waals surface area contributed by atoms with Gasteiger partial charge in [-0.25, -0.2) is 4.68 Å². The normalized spacial score (nSPS) is 10.9. The highest BCUT2D eigenvalue weighted by Gasteiger charge is 2.14. The van der Waals surface area contributed by atoms with Crippen LogP contribution in [0.4, 0.5) is 5.69 Å². The number of nitrogens with zero attached hydrogens (tertiary/aromatic N) is 4. The number of hydrogen-bond acceptors (Lipinski definition) is 3. The molecular formula is C14H14BrN5. The van der Waals surface area contributed by atoms with Crippen LogP contribution in [0, 0.1) is 6.92 Å². The fourth-order valence-electron chi connectivity index (χ4n) is 2.18. The monoisotopic (exact) mass is 331 g/mol. The zero-order valence-corrected chi connectivity index (χ0v) is 12.8. The molecule has 0 saturated heterocycles. The van der Waals surface area contributed by atoms with E-state index in [-0.39, 0.29) is 0 Å². The summed E-state index contributed by atoms with van der Waals surface area (Å²) in [6.07, 6.45) is 3.75. The van der Waals surface area contributed by atoms with Crippen LogP contribution in [0.1, 0.15) is 5.69 Å². The molecule has 3 aromatic rings. The number of aryl methyl sites for hydroxylation is 2. The summed E-state index contributed by atoms with van der Waals surface area (Å²) in [7, 11) is 1.89. The molecule has 0 aliphatic rings. The summed E-state index contributed by atoms with van der Waals surface area (Å²) < 4.78 is 4.55. The van der Waals surface area contributed by atoms with Gasteiger partial charge in [-0.15, -0.1) is 0 Å². The molecule has 0 atom stereocenters.